The van der Waals surface area contributed by atoms with Gasteiger partial charge in [0, 0.05) is 12.6 Å². The maximum Gasteiger partial charge on any atom is 0.293 e. The number of nitro groups is 1. The Kier molecular flexibility index (Phi) is 4.13. The van der Waals surface area contributed by atoms with Gasteiger partial charge in [0.25, 0.3) is 5.69 Å². The third-order valence-electron chi connectivity index (χ3n) is 2.89. The van der Waals surface area contributed by atoms with Crippen molar-refractivity contribution >= 4 is 11.4 Å². The topological polar surface area (TPSA) is 103 Å². The molecule has 1 N–H and O–H groups in total. The van der Waals surface area contributed by atoms with Gasteiger partial charge in [0.15, 0.2) is 0 Å². The van der Waals surface area contributed by atoms with Gasteiger partial charge in [-0.1, -0.05) is 12.1 Å². The summed E-state index contributed by atoms with van der Waals surface area (Å²) in [5.41, 5.74) is 1.91. The summed E-state index contributed by atoms with van der Waals surface area (Å²) in [4.78, 5) is 10.5. The number of nitrogens with zero attached hydrogens (tertiary/aromatic N) is 3. The molecule has 21 heavy (non-hydrogen) atoms. The molecule has 0 bridgehead atoms. The summed E-state index contributed by atoms with van der Waals surface area (Å²) in [7, 11) is 0. The second kappa shape index (κ2) is 6.18. The average Bonchev–Trinajstić information content (AvgIpc) is 2.53. The molecular formula is C15H10N4O2. The van der Waals surface area contributed by atoms with Gasteiger partial charge in [0.05, 0.1) is 28.2 Å². The van der Waals surface area contributed by atoms with E-state index in [0.29, 0.717) is 17.8 Å². The zero-order valence-electron chi connectivity index (χ0n) is 10.9. The van der Waals surface area contributed by atoms with E-state index in [9.17, 15) is 10.1 Å². The molecule has 102 valence electrons. The Morgan fingerprint density at radius 1 is 1.05 bits per heavy atom. The zero-order chi connectivity index (χ0) is 15.2. The molecule has 0 saturated carbocycles. The quantitative estimate of drug-likeness (QED) is 0.684. The SMILES string of the molecule is N#Cc1ccc(CNc2ccc(C#N)cc2[N+](=O)[O-])cc1. The van der Waals surface area contributed by atoms with E-state index in [4.69, 9.17) is 10.5 Å². The molecule has 0 amide bonds. The predicted molar refractivity (Wildman–Crippen MR) is 76.3 cm³/mol. The van der Waals surface area contributed by atoms with Crippen LogP contribution >= 0.6 is 0 Å². The maximum absolute atomic E-state index is 11.0. The Labute approximate surface area is 121 Å². The van der Waals surface area contributed by atoms with E-state index in [-0.39, 0.29) is 11.3 Å². The van der Waals surface area contributed by atoms with Crippen LogP contribution in [0.2, 0.25) is 0 Å². The Balaban J connectivity index is 2.18. The van der Waals surface area contributed by atoms with Gasteiger partial charge in [0.1, 0.15) is 5.69 Å². The Morgan fingerprint density at radius 3 is 2.24 bits per heavy atom. The summed E-state index contributed by atoms with van der Waals surface area (Å²) in [5, 5.41) is 31.5. The standard InChI is InChI=1S/C15H10N4O2/c16-8-11-1-3-12(4-2-11)10-18-14-6-5-13(9-17)7-15(14)19(20)21/h1-7,18H,10H2. The molecule has 2 rings (SSSR count). The number of nitrogens with one attached hydrogen (secondary N) is 1. The number of benzene rings is 2. The smallest absolute Gasteiger partial charge is 0.293 e. The first-order valence-electron chi connectivity index (χ1n) is 6.05. The lowest BCUT2D eigenvalue weighted by Gasteiger charge is -2.07. The van der Waals surface area contributed by atoms with Gasteiger partial charge in [-0.2, -0.15) is 10.5 Å². The van der Waals surface area contributed by atoms with E-state index in [1.165, 1.54) is 18.2 Å². The van der Waals surface area contributed by atoms with Crippen molar-refractivity contribution in [1.29, 1.82) is 10.5 Å². The molecule has 0 aromatic heterocycles. The van der Waals surface area contributed by atoms with Crippen LogP contribution in [0.3, 0.4) is 0 Å². The summed E-state index contributed by atoms with van der Waals surface area (Å²) in [6.45, 7) is 0.387. The minimum atomic E-state index is -0.526. The molecule has 0 aliphatic heterocycles. The van der Waals surface area contributed by atoms with E-state index in [1.807, 2.05) is 12.1 Å². The van der Waals surface area contributed by atoms with Crippen LogP contribution in [0.15, 0.2) is 42.5 Å². The molecule has 2 aromatic rings. The monoisotopic (exact) mass is 278 g/mol. The molecule has 2 aromatic carbocycles. The molecule has 0 aliphatic rings. The van der Waals surface area contributed by atoms with Gasteiger partial charge in [-0.15, -0.1) is 0 Å². The first kappa shape index (κ1) is 14.0. The molecule has 0 fully saturated rings. The maximum atomic E-state index is 11.0. The predicted octanol–water partition coefficient (Wildman–Crippen LogP) is 2.95. The lowest BCUT2D eigenvalue weighted by Crippen LogP contribution is -2.03. The van der Waals surface area contributed by atoms with Crippen LogP contribution in [0.5, 0.6) is 0 Å². The van der Waals surface area contributed by atoms with Crippen LogP contribution in [-0.4, -0.2) is 4.92 Å². The minimum absolute atomic E-state index is 0.136. The van der Waals surface area contributed by atoms with Crippen LogP contribution in [0.1, 0.15) is 16.7 Å². The molecule has 6 nitrogen and oxygen atoms in total. The van der Waals surface area contributed by atoms with Crippen molar-refractivity contribution in [2.75, 3.05) is 5.32 Å². The highest BCUT2D eigenvalue weighted by molar-refractivity contribution is 5.64. The zero-order valence-corrected chi connectivity index (χ0v) is 10.9. The van der Waals surface area contributed by atoms with Gasteiger partial charge in [-0.3, -0.25) is 10.1 Å². The normalized spacial score (nSPS) is 9.43. The summed E-state index contributed by atoms with van der Waals surface area (Å²) in [5.74, 6) is 0. The van der Waals surface area contributed by atoms with Crippen LogP contribution in [0.25, 0.3) is 0 Å². The van der Waals surface area contributed by atoms with Gasteiger partial charge < -0.3 is 5.32 Å². The number of hydrogen-bond donors (Lipinski definition) is 1. The minimum Gasteiger partial charge on any atom is -0.375 e. The van der Waals surface area contributed by atoms with Crippen molar-refractivity contribution in [2.24, 2.45) is 0 Å². The highest BCUT2D eigenvalue weighted by Crippen LogP contribution is 2.25. The van der Waals surface area contributed by atoms with E-state index >= 15 is 0 Å². The lowest BCUT2D eigenvalue weighted by molar-refractivity contribution is -0.384. The summed E-state index contributed by atoms with van der Waals surface area (Å²) < 4.78 is 0. The Hall–Kier alpha value is -3.38. The van der Waals surface area contributed by atoms with Crippen LogP contribution in [-0.2, 0) is 6.54 Å². The Bertz CT molecular complexity index is 755. The third kappa shape index (κ3) is 3.34. The first-order valence-corrected chi connectivity index (χ1v) is 6.05. The number of nitriles is 2. The van der Waals surface area contributed by atoms with Crippen LogP contribution in [0, 0.1) is 32.8 Å². The number of rotatable bonds is 4. The Morgan fingerprint density at radius 2 is 1.67 bits per heavy atom. The fourth-order valence-electron chi connectivity index (χ4n) is 1.80. The summed E-state index contributed by atoms with van der Waals surface area (Å²) in [6, 6.07) is 15.1. The van der Waals surface area contributed by atoms with E-state index < -0.39 is 4.92 Å². The van der Waals surface area contributed by atoms with Crippen molar-refractivity contribution < 1.29 is 4.92 Å². The van der Waals surface area contributed by atoms with Gasteiger partial charge >= 0.3 is 0 Å². The summed E-state index contributed by atoms with van der Waals surface area (Å²) >= 11 is 0. The number of hydrogen-bond acceptors (Lipinski definition) is 5. The fraction of sp³-hybridized carbons (Fsp3) is 0.0667. The van der Waals surface area contributed by atoms with Crippen molar-refractivity contribution in [3.05, 3.63) is 69.3 Å². The van der Waals surface area contributed by atoms with E-state index in [1.54, 1.807) is 24.3 Å². The second-order valence-corrected chi connectivity index (χ2v) is 4.26. The first-order chi connectivity index (χ1) is 10.1. The third-order valence-corrected chi connectivity index (χ3v) is 2.89. The highest BCUT2D eigenvalue weighted by Gasteiger charge is 2.14. The highest BCUT2D eigenvalue weighted by atomic mass is 16.6. The van der Waals surface area contributed by atoms with Crippen molar-refractivity contribution in [1.82, 2.24) is 0 Å². The molecule has 0 heterocycles. The molecule has 0 unspecified atom stereocenters. The average molecular weight is 278 g/mol. The van der Waals surface area contributed by atoms with E-state index in [0.717, 1.165) is 5.56 Å². The molecule has 0 spiro atoms. The molecule has 6 heteroatoms. The fourth-order valence-corrected chi connectivity index (χ4v) is 1.80. The van der Waals surface area contributed by atoms with Crippen molar-refractivity contribution in [3.63, 3.8) is 0 Å². The lowest BCUT2D eigenvalue weighted by atomic mass is 10.1. The second-order valence-electron chi connectivity index (χ2n) is 4.26. The van der Waals surface area contributed by atoms with E-state index in [2.05, 4.69) is 5.32 Å². The van der Waals surface area contributed by atoms with Crippen molar-refractivity contribution in [3.8, 4) is 12.1 Å². The van der Waals surface area contributed by atoms with Crippen LogP contribution in [0.4, 0.5) is 11.4 Å². The number of nitro benzene ring substituents is 1. The molecule has 0 radical (unpaired) electrons. The number of anilines is 1. The largest absolute Gasteiger partial charge is 0.375 e. The van der Waals surface area contributed by atoms with Gasteiger partial charge in [-0.05, 0) is 29.8 Å². The molecule has 0 aliphatic carbocycles. The molecular weight excluding hydrogens is 268 g/mol. The van der Waals surface area contributed by atoms with Crippen molar-refractivity contribution in [2.45, 2.75) is 6.54 Å². The molecule has 0 atom stereocenters. The summed E-state index contributed by atoms with van der Waals surface area (Å²) in [6.07, 6.45) is 0. The van der Waals surface area contributed by atoms with Gasteiger partial charge in [0.2, 0.25) is 0 Å². The molecule has 0 saturated heterocycles. The van der Waals surface area contributed by atoms with Crippen LogP contribution < -0.4 is 5.32 Å². The van der Waals surface area contributed by atoms with Gasteiger partial charge in [-0.25, -0.2) is 0 Å².